The van der Waals surface area contributed by atoms with E-state index in [0.29, 0.717) is 19.4 Å². The minimum Gasteiger partial charge on any atom is -0.508 e. The summed E-state index contributed by atoms with van der Waals surface area (Å²) in [4.78, 5) is 4.67. The molecule has 1 aromatic heterocycles. The van der Waals surface area contributed by atoms with Crippen LogP contribution >= 0.6 is 0 Å². The van der Waals surface area contributed by atoms with Crippen molar-refractivity contribution in [2.75, 3.05) is 37.6 Å². The lowest BCUT2D eigenvalue weighted by Gasteiger charge is -2.37. The van der Waals surface area contributed by atoms with E-state index in [1.54, 1.807) is 16.7 Å². The predicted octanol–water partition coefficient (Wildman–Crippen LogP) is 3.26. The maximum atomic E-state index is 10.5. The second kappa shape index (κ2) is 9.14. The molecule has 0 unspecified atom stereocenters. The number of nitrogens with zero attached hydrogens (tertiary/aromatic N) is 3. The molecule has 0 bridgehead atoms. The van der Waals surface area contributed by atoms with Crippen molar-refractivity contribution in [2.45, 2.75) is 45.8 Å². The van der Waals surface area contributed by atoms with Gasteiger partial charge in [-0.3, -0.25) is 9.47 Å². The number of piperazine rings is 1. The Morgan fingerprint density at radius 2 is 1.55 bits per heavy atom. The first-order chi connectivity index (χ1) is 14.9. The molecule has 1 aliphatic heterocycles. The van der Waals surface area contributed by atoms with Crippen LogP contribution in [0.2, 0.25) is 0 Å². The third-order valence-electron chi connectivity index (χ3n) is 6.10. The first-order valence-electron chi connectivity index (χ1n) is 11.2. The van der Waals surface area contributed by atoms with Gasteiger partial charge in [0, 0.05) is 49.9 Å². The van der Waals surface area contributed by atoms with Crippen LogP contribution in [0.25, 0.3) is 0 Å². The van der Waals surface area contributed by atoms with Crippen LogP contribution in [0.3, 0.4) is 0 Å². The summed E-state index contributed by atoms with van der Waals surface area (Å²) in [7, 11) is 0. The fourth-order valence-electron chi connectivity index (χ4n) is 4.51. The molecule has 31 heavy (non-hydrogen) atoms. The predicted molar refractivity (Wildman–Crippen MR) is 121 cm³/mol. The molecule has 0 amide bonds. The first-order valence-corrected chi connectivity index (χ1v) is 11.2. The van der Waals surface area contributed by atoms with Crippen molar-refractivity contribution >= 4 is 5.69 Å². The molecule has 168 valence electrons. The Labute approximate surface area is 183 Å². The third-order valence-corrected chi connectivity index (χ3v) is 6.10. The zero-order chi connectivity index (χ0) is 22.0. The highest BCUT2D eigenvalue weighted by atomic mass is 16.5. The van der Waals surface area contributed by atoms with Crippen molar-refractivity contribution in [1.29, 1.82) is 0 Å². The van der Waals surface area contributed by atoms with E-state index in [-0.39, 0.29) is 23.6 Å². The van der Waals surface area contributed by atoms with Gasteiger partial charge in [0.1, 0.15) is 11.5 Å². The molecule has 2 heterocycles. The number of ether oxygens (including phenoxy) is 1. The Bertz CT molecular complexity index is 911. The minimum atomic E-state index is 0.0764. The van der Waals surface area contributed by atoms with E-state index in [1.807, 2.05) is 32.1 Å². The summed E-state index contributed by atoms with van der Waals surface area (Å²) >= 11 is 0. The quantitative estimate of drug-likeness (QED) is 0.589. The van der Waals surface area contributed by atoms with E-state index in [9.17, 15) is 15.3 Å². The molecule has 2 aliphatic rings. The van der Waals surface area contributed by atoms with E-state index >= 15 is 0 Å². The molecule has 7 heteroatoms. The highest BCUT2D eigenvalue weighted by Gasteiger charge is 2.23. The van der Waals surface area contributed by atoms with Gasteiger partial charge in [0.25, 0.3) is 0 Å². The molecule has 0 spiro atoms. The van der Waals surface area contributed by atoms with Crippen LogP contribution in [0.15, 0.2) is 30.4 Å². The maximum Gasteiger partial charge on any atom is 0.197 e. The topological polar surface area (TPSA) is 81.3 Å². The number of aromatic hydroxyl groups is 3. The molecule has 0 saturated carbocycles. The van der Waals surface area contributed by atoms with Crippen molar-refractivity contribution in [3.05, 3.63) is 41.5 Å². The maximum absolute atomic E-state index is 10.5. The number of hydrogen-bond donors (Lipinski definition) is 3. The first kappa shape index (κ1) is 21.4. The van der Waals surface area contributed by atoms with Gasteiger partial charge in [-0.2, -0.15) is 0 Å². The van der Waals surface area contributed by atoms with Gasteiger partial charge in [-0.1, -0.05) is 12.2 Å². The van der Waals surface area contributed by atoms with Gasteiger partial charge in [0.15, 0.2) is 11.8 Å². The van der Waals surface area contributed by atoms with Gasteiger partial charge < -0.3 is 25.0 Å². The second-order valence-electron chi connectivity index (χ2n) is 8.64. The molecule has 7 nitrogen and oxygen atoms in total. The highest BCUT2D eigenvalue weighted by Crippen LogP contribution is 2.37. The number of aromatic nitrogens is 1. The van der Waals surface area contributed by atoms with Crippen molar-refractivity contribution in [2.24, 2.45) is 0 Å². The number of phenolic OH excluding ortho intramolecular Hbond substituents is 1. The van der Waals surface area contributed by atoms with Gasteiger partial charge in [-0.15, -0.1) is 0 Å². The number of phenols is 1. The molecule has 0 radical (unpaired) electrons. The van der Waals surface area contributed by atoms with Gasteiger partial charge in [0.2, 0.25) is 0 Å². The lowest BCUT2D eigenvalue weighted by atomic mass is 10.0. The van der Waals surface area contributed by atoms with Gasteiger partial charge >= 0.3 is 0 Å². The molecular weight excluding hydrogens is 394 g/mol. The van der Waals surface area contributed by atoms with Crippen molar-refractivity contribution < 1.29 is 20.1 Å². The van der Waals surface area contributed by atoms with Crippen LogP contribution in [-0.4, -0.2) is 63.6 Å². The fraction of sp³-hybridized carbons (Fsp3) is 0.500. The van der Waals surface area contributed by atoms with Crippen molar-refractivity contribution in [3.8, 4) is 23.3 Å². The zero-order valence-electron chi connectivity index (χ0n) is 18.4. The summed E-state index contributed by atoms with van der Waals surface area (Å²) < 4.78 is 7.58. The number of allylic oxidation sites excluding steroid dienone is 2. The lowest BCUT2D eigenvalue weighted by molar-refractivity contribution is 0.234. The SMILES string of the molecule is CC(C)Oc1ccc(O)cc1N1CCN(CCCn2c(O)c3c(c2O)CC=CC3)CC1. The van der Waals surface area contributed by atoms with Crippen LogP contribution in [-0.2, 0) is 19.4 Å². The molecular formula is C24H33N3O4. The van der Waals surface area contributed by atoms with E-state index in [0.717, 1.165) is 61.7 Å². The summed E-state index contributed by atoms with van der Waals surface area (Å²) in [5.74, 6) is 1.47. The Kier molecular flexibility index (Phi) is 6.32. The molecule has 2 aromatic rings. The van der Waals surface area contributed by atoms with Crippen LogP contribution in [0.5, 0.6) is 23.3 Å². The summed E-state index contributed by atoms with van der Waals surface area (Å²) in [5.41, 5.74) is 2.66. The number of anilines is 1. The smallest absolute Gasteiger partial charge is 0.197 e. The molecule has 0 atom stereocenters. The van der Waals surface area contributed by atoms with E-state index in [4.69, 9.17) is 4.74 Å². The molecule has 1 aromatic carbocycles. The van der Waals surface area contributed by atoms with Crippen LogP contribution < -0.4 is 9.64 Å². The van der Waals surface area contributed by atoms with Gasteiger partial charge in [-0.05, 0) is 51.8 Å². The Morgan fingerprint density at radius 3 is 2.16 bits per heavy atom. The molecule has 1 saturated heterocycles. The van der Waals surface area contributed by atoms with E-state index in [2.05, 4.69) is 9.80 Å². The largest absolute Gasteiger partial charge is 0.508 e. The van der Waals surface area contributed by atoms with Crippen LogP contribution in [0.1, 0.15) is 31.4 Å². The minimum absolute atomic E-state index is 0.0764. The van der Waals surface area contributed by atoms with Gasteiger partial charge in [0.05, 0.1) is 11.8 Å². The number of rotatable bonds is 7. The normalized spacial score (nSPS) is 16.7. The third kappa shape index (κ3) is 4.61. The lowest BCUT2D eigenvalue weighted by Crippen LogP contribution is -2.46. The molecule has 4 rings (SSSR count). The second-order valence-corrected chi connectivity index (χ2v) is 8.64. The van der Waals surface area contributed by atoms with Crippen molar-refractivity contribution in [3.63, 3.8) is 0 Å². The Morgan fingerprint density at radius 1 is 0.903 bits per heavy atom. The number of fused-ring (bicyclic) bond motifs is 1. The summed E-state index contributed by atoms with van der Waals surface area (Å²) in [5, 5.41) is 30.9. The number of hydrogen-bond acceptors (Lipinski definition) is 6. The van der Waals surface area contributed by atoms with Crippen LogP contribution in [0.4, 0.5) is 5.69 Å². The molecule has 3 N–H and O–H groups in total. The Hall–Kier alpha value is -2.80. The highest BCUT2D eigenvalue weighted by molar-refractivity contribution is 5.61. The summed E-state index contributed by atoms with van der Waals surface area (Å²) in [6, 6.07) is 5.28. The summed E-state index contributed by atoms with van der Waals surface area (Å²) in [6.45, 7) is 9.06. The van der Waals surface area contributed by atoms with Crippen LogP contribution in [0, 0.1) is 0 Å². The van der Waals surface area contributed by atoms with E-state index < -0.39 is 0 Å². The van der Waals surface area contributed by atoms with Gasteiger partial charge in [-0.25, -0.2) is 0 Å². The van der Waals surface area contributed by atoms with E-state index in [1.165, 1.54) is 0 Å². The standard InChI is InChI=1S/C24H33N3O4/c1-17(2)31-22-9-8-18(28)16-21(22)26-14-12-25(13-15-26)10-5-11-27-23(29)19-6-3-4-7-20(19)24(27)30/h3-4,8-9,16-17,28-30H,5-7,10-15H2,1-2H3. The monoisotopic (exact) mass is 427 g/mol. The average Bonchev–Trinajstić information content (AvgIpc) is 3.00. The summed E-state index contributed by atoms with van der Waals surface area (Å²) in [6.07, 6.45) is 6.37. The molecule has 1 aliphatic carbocycles. The number of benzene rings is 1. The fourth-order valence-corrected chi connectivity index (χ4v) is 4.51. The average molecular weight is 428 g/mol. The van der Waals surface area contributed by atoms with Crippen molar-refractivity contribution in [1.82, 2.24) is 9.47 Å². The zero-order valence-corrected chi connectivity index (χ0v) is 18.4. The molecule has 1 fully saturated rings. The Balaban J connectivity index is 1.31.